The van der Waals surface area contributed by atoms with Crippen LogP contribution >= 0.6 is 0 Å². The van der Waals surface area contributed by atoms with Gasteiger partial charge in [0.15, 0.2) is 0 Å². The minimum Gasteiger partial charge on any atom is -0.387 e. The normalized spacial score (nSPS) is 29.0. The van der Waals surface area contributed by atoms with E-state index in [9.17, 15) is 13.5 Å². The molecular formula is C19H31N5O3S. The number of piperidine rings is 1. The van der Waals surface area contributed by atoms with E-state index in [1.54, 1.807) is 0 Å². The summed E-state index contributed by atoms with van der Waals surface area (Å²) >= 11 is 0. The Morgan fingerprint density at radius 3 is 2.57 bits per heavy atom. The zero-order valence-electron chi connectivity index (χ0n) is 16.6. The van der Waals surface area contributed by atoms with Crippen LogP contribution in [0.5, 0.6) is 0 Å². The van der Waals surface area contributed by atoms with Crippen LogP contribution in [0.25, 0.3) is 0 Å². The summed E-state index contributed by atoms with van der Waals surface area (Å²) in [6, 6.07) is 6.56. The first-order valence-electron chi connectivity index (χ1n) is 10.1. The molecule has 1 atom stereocenters. The second-order valence-corrected chi connectivity index (χ2v) is 10.5. The molecule has 1 aromatic heterocycles. The maximum atomic E-state index is 11.8. The number of anilines is 1. The number of piperazine rings is 1. The molecule has 3 aliphatic heterocycles. The number of aromatic nitrogens is 1. The maximum absolute atomic E-state index is 11.8. The standard InChI is InChI=1S/C19H31N5O3S/c1-28(26,27)24-8-4-6-19(25,16-24)15-21-13-17(14-21)22-9-11-23(12-10-22)18-5-2-3-7-20-18/h2-3,5,7,17,25H,4,6,8-16H2,1H3. The fraction of sp³-hybridized carbons (Fsp3) is 0.737. The molecule has 1 N–H and O–H groups in total. The van der Waals surface area contributed by atoms with Crippen LogP contribution in [0.3, 0.4) is 0 Å². The fourth-order valence-corrected chi connectivity index (χ4v) is 5.59. The minimum absolute atomic E-state index is 0.218. The zero-order chi connectivity index (χ0) is 19.8. The van der Waals surface area contributed by atoms with Crippen LogP contribution in [-0.2, 0) is 10.0 Å². The third kappa shape index (κ3) is 4.49. The van der Waals surface area contributed by atoms with Gasteiger partial charge in [-0.2, -0.15) is 4.31 Å². The number of β-amino-alcohol motifs (C(OH)–C–C–N with tert-alkyl or cyclic N) is 1. The van der Waals surface area contributed by atoms with E-state index in [1.165, 1.54) is 10.6 Å². The summed E-state index contributed by atoms with van der Waals surface area (Å²) in [6.45, 7) is 7.23. The molecule has 3 fully saturated rings. The highest BCUT2D eigenvalue weighted by atomic mass is 32.2. The molecule has 8 nitrogen and oxygen atoms in total. The summed E-state index contributed by atoms with van der Waals surface area (Å²) in [6.07, 6.45) is 4.45. The van der Waals surface area contributed by atoms with Crippen LogP contribution in [0.15, 0.2) is 24.4 Å². The Morgan fingerprint density at radius 2 is 1.93 bits per heavy atom. The number of aliphatic hydroxyl groups is 1. The van der Waals surface area contributed by atoms with Gasteiger partial charge in [-0.05, 0) is 25.0 Å². The summed E-state index contributed by atoms with van der Waals surface area (Å²) in [4.78, 5) is 11.6. The van der Waals surface area contributed by atoms with E-state index < -0.39 is 15.6 Å². The average Bonchev–Trinajstić information content (AvgIpc) is 2.65. The van der Waals surface area contributed by atoms with E-state index in [4.69, 9.17) is 0 Å². The second kappa shape index (κ2) is 7.87. The van der Waals surface area contributed by atoms with Crippen LogP contribution in [0, 0.1) is 0 Å². The molecule has 4 heterocycles. The Hall–Kier alpha value is -1.26. The summed E-state index contributed by atoms with van der Waals surface area (Å²) in [5.74, 6) is 1.05. The van der Waals surface area contributed by atoms with Crippen molar-refractivity contribution in [2.45, 2.75) is 24.5 Å². The molecule has 0 bridgehead atoms. The van der Waals surface area contributed by atoms with Crippen LogP contribution in [0.2, 0.25) is 0 Å². The molecule has 9 heteroatoms. The fourth-order valence-electron chi connectivity index (χ4n) is 4.66. The molecule has 0 radical (unpaired) electrons. The van der Waals surface area contributed by atoms with Gasteiger partial charge in [-0.25, -0.2) is 13.4 Å². The molecule has 1 aromatic rings. The van der Waals surface area contributed by atoms with Gasteiger partial charge in [0, 0.05) is 71.1 Å². The van der Waals surface area contributed by atoms with Gasteiger partial charge in [0.05, 0.1) is 11.9 Å². The van der Waals surface area contributed by atoms with Crippen molar-refractivity contribution in [1.82, 2.24) is 19.1 Å². The van der Waals surface area contributed by atoms with Gasteiger partial charge in [-0.15, -0.1) is 0 Å². The van der Waals surface area contributed by atoms with Gasteiger partial charge in [0.1, 0.15) is 5.82 Å². The lowest BCUT2D eigenvalue weighted by Gasteiger charge is -2.51. The molecule has 0 amide bonds. The van der Waals surface area contributed by atoms with Crippen molar-refractivity contribution in [1.29, 1.82) is 0 Å². The minimum atomic E-state index is -3.24. The van der Waals surface area contributed by atoms with E-state index in [-0.39, 0.29) is 6.54 Å². The summed E-state index contributed by atoms with van der Waals surface area (Å²) in [5.41, 5.74) is -0.927. The Bertz CT molecular complexity index is 763. The van der Waals surface area contributed by atoms with Gasteiger partial charge in [0.25, 0.3) is 0 Å². The molecule has 0 spiro atoms. The summed E-state index contributed by atoms with van der Waals surface area (Å²) < 4.78 is 25.1. The van der Waals surface area contributed by atoms with E-state index in [2.05, 4.69) is 25.8 Å². The van der Waals surface area contributed by atoms with Gasteiger partial charge >= 0.3 is 0 Å². The van der Waals surface area contributed by atoms with Crippen molar-refractivity contribution in [2.24, 2.45) is 0 Å². The van der Waals surface area contributed by atoms with Gasteiger partial charge in [0.2, 0.25) is 10.0 Å². The van der Waals surface area contributed by atoms with Crippen LogP contribution < -0.4 is 4.90 Å². The van der Waals surface area contributed by atoms with Crippen molar-refractivity contribution < 1.29 is 13.5 Å². The highest BCUT2D eigenvalue weighted by molar-refractivity contribution is 7.88. The number of hydrogen-bond donors (Lipinski definition) is 1. The molecular weight excluding hydrogens is 378 g/mol. The van der Waals surface area contributed by atoms with Crippen molar-refractivity contribution >= 4 is 15.8 Å². The Balaban J connectivity index is 1.23. The maximum Gasteiger partial charge on any atom is 0.211 e. The molecule has 0 aliphatic carbocycles. The van der Waals surface area contributed by atoms with Gasteiger partial charge < -0.3 is 10.0 Å². The quantitative estimate of drug-likeness (QED) is 0.714. The molecule has 4 rings (SSSR count). The predicted octanol–water partition coefficient (Wildman–Crippen LogP) is -0.326. The van der Waals surface area contributed by atoms with Crippen LogP contribution in [0.1, 0.15) is 12.8 Å². The smallest absolute Gasteiger partial charge is 0.211 e. The molecule has 156 valence electrons. The molecule has 0 saturated carbocycles. The van der Waals surface area contributed by atoms with E-state index in [1.807, 2.05) is 18.3 Å². The van der Waals surface area contributed by atoms with Crippen molar-refractivity contribution in [3.8, 4) is 0 Å². The lowest BCUT2D eigenvalue weighted by molar-refractivity contribution is -0.0681. The highest BCUT2D eigenvalue weighted by Gasteiger charge is 2.42. The third-order valence-corrected chi connectivity index (χ3v) is 7.50. The SMILES string of the molecule is CS(=O)(=O)N1CCCC(O)(CN2CC(N3CCN(c4ccccn4)CC3)C2)C1. The molecule has 3 saturated heterocycles. The molecule has 3 aliphatic rings. The topological polar surface area (TPSA) is 80.2 Å². The lowest BCUT2D eigenvalue weighted by Crippen LogP contribution is -2.66. The lowest BCUT2D eigenvalue weighted by atomic mass is 9.91. The predicted molar refractivity (Wildman–Crippen MR) is 109 cm³/mol. The average molecular weight is 410 g/mol. The monoisotopic (exact) mass is 409 g/mol. The van der Waals surface area contributed by atoms with E-state index in [0.29, 0.717) is 25.6 Å². The van der Waals surface area contributed by atoms with E-state index in [0.717, 1.165) is 51.5 Å². The van der Waals surface area contributed by atoms with Crippen LogP contribution in [-0.4, -0.2) is 109 Å². The van der Waals surface area contributed by atoms with Gasteiger partial charge in [-0.3, -0.25) is 9.80 Å². The van der Waals surface area contributed by atoms with E-state index >= 15 is 0 Å². The first-order chi connectivity index (χ1) is 13.3. The molecule has 1 unspecified atom stereocenters. The zero-order valence-corrected chi connectivity index (χ0v) is 17.4. The third-order valence-electron chi connectivity index (χ3n) is 6.25. The molecule has 28 heavy (non-hydrogen) atoms. The van der Waals surface area contributed by atoms with Crippen molar-refractivity contribution in [3.05, 3.63) is 24.4 Å². The number of nitrogens with zero attached hydrogens (tertiary/aromatic N) is 5. The highest BCUT2D eigenvalue weighted by Crippen LogP contribution is 2.27. The number of rotatable bonds is 5. The molecule has 0 aromatic carbocycles. The number of pyridine rings is 1. The van der Waals surface area contributed by atoms with Gasteiger partial charge in [-0.1, -0.05) is 6.07 Å². The van der Waals surface area contributed by atoms with Crippen molar-refractivity contribution in [2.75, 3.05) is 70.1 Å². The number of hydrogen-bond acceptors (Lipinski definition) is 7. The Labute approximate surface area is 167 Å². The largest absolute Gasteiger partial charge is 0.387 e. The second-order valence-electron chi connectivity index (χ2n) is 8.48. The summed E-state index contributed by atoms with van der Waals surface area (Å²) in [7, 11) is -3.24. The first-order valence-corrected chi connectivity index (χ1v) is 12.0. The number of likely N-dealkylation sites (tertiary alicyclic amines) is 1. The van der Waals surface area contributed by atoms with Crippen LogP contribution in [0.4, 0.5) is 5.82 Å². The van der Waals surface area contributed by atoms with Crippen molar-refractivity contribution in [3.63, 3.8) is 0 Å². The summed E-state index contributed by atoms with van der Waals surface area (Å²) in [5, 5.41) is 10.9. The first kappa shape index (κ1) is 20.0. The number of sulfonamides is 1. The Morgan fingerprint density at radius 1 is 1.18 bits per heavy atom. The Kier molecular flexibility index (Phi) is 5.63.